The fourth-order valence-electron chi connectivity index (χ4n) is 1.39. The van der Waals surface area contributed by atoms with Crippen molar-refractivity contribution in [3.05, 3.63) is 0 Å². The molecule has 0 aromatic heterocycles. The minimum atomic E-state index is -4.34. The van der Waals surface area contributed by atoms with Gasteiger partial charge in [-0.15, -0.1) is 0 Å². The molecule has 0 radical (unpaired) electrons. The summed E-state index contributed by atoms with van der Waals surface area (Å²) in [6, 6.07) is 0. The Labute approximate surface area is 123 Å². The molecule has 0 saturated carbocycles. The Kier molecular flexibility index (Phi) is 8.21. The average Bonchev–Trinajstić information content (AvgIpc) is 2.14. The maximum absolute atomic E-state index is 11.0. The van der Waals surface area contributed by atoms with Crippen LogP contribution in [0.4, 0.5) is 0 Å². The smallest absolute Gasteiger partial charge is 0.339 e. The lowest BCUT2D eigenvalue weighted by molar-refractivity contribution is -0.306. The molecule has 0 bridgehead atoms. The molecular formula is C9H17Br2NO5P-. The first kappa shape index (κ1) is 18.5. The Bertz CT molecular complexity index is 320. The molecule has 0 heterocycles. The van der Waals surface area contributed by atoms with Crippen molar-refractivity contribution in [3.63, 3.8) is 0 Å². The molecule has 0 rings (SSSR count). The van der Waals surface area contributed by atoms with E-state index in [0.717, 1.165) is 24.2 Å². The quantitative estimate of drug-likeness (QED) is 0.257. The lowest BCUT2D eigenvalue weighted by atomic mass is 10.2. The van der Waals surface area contributed by atoms with E-state index in [2.05, 4.69) is 31.9 Å². The Morgan fingerprint density at radius 3 is 2.33 bits per heavy atom. The van der Waals surface area contributed by atoms with E-state index in [-0.39, 0.29) is 0 Å². The van der Waals surface area contributed by atoms with E-state index in [1.165, 1.54) is 0 Å². The first-order chi connectivity index (χ1) is 8.08. The van der Waals surface area contributed by atoms with Gasteiger partial charge >= 0.3 is 7.60 Å². The predicted octanol–water partition coefficient (Wildman–Crippen LogP) is 1.20. The molecule has 0 aromatic rings. The summed E-state index contributed by atoms with van der Waals surface area (Å²) in [5.74, 6) is -1.39. The van der Waals surface area contributed by atoms with E-state index in [0.29, 0.717) is 6.42 Å². The van der Waals surface area contributed by atoms with Gasteiger partial charge in [0.1, 0.15) is 9.64 Å². The summed E-state index contributed by atoms with van der Waals surface area (Å²) in [5, 5.41) is 10.6. The van der Waals surface area contributed by atoms with Crippen molar-refractivity contribution in [2.75, 3.05) is 12.8 Å². The molecule has 0 fully saturated rings. The van der Waals surface area contributed by atoms with Crippen LogP contribution in [-0.2, 0) is 9.36 Å². The third-order valence-corrected chi connectivity index (χ3v) is 4.72. The molecule has 2 N–H and O–H groups in total. The molecular weight excluding hydrogens is 393 g/mol. The van der Waals surface area contributed by atoms with Crippen LogP contribution in [0.15, 0.2) is 0 Å². The summed E-state index contributed by atoms with van der Waals surface area (Å²) < 4.78 is 10.0. The molecule has 0 unspecified atom stereocenters. The van der Waals surface area contributed by atoms with Gasteiger partial charge in [0.2, 0.25) is 0 Å². The number of carboxylic acid groups (broad SMARTS) is 1. The van der Waals surface area contributed by atoms with Crippen LogP contribution >= 0.6 is 39.5 Å². The van der Waals surface area contributed by atoms with Crippen LogP contribution in [0.5, 0.6) is 0 Å². The molecule has 0 spiro atoms. The molecule has 0 aromatic carbocycles. The number of rotatable bonds is 9. The lowest BCUT2D eigenvalue weighted by Crippen LogP contribution is -2.46. The third kappa shape index (κ3) is 8.61. The molecule has 0 atom stereocenters. The number of carbonyl (C=O) groups excluding carboxylic acids is 1. The maximum atomic E-state index is 11.0. The lowest BCUT2D eigenvalue weighted by Gasteiger charge is -2.35. The zero-order chi connectivity index (χ0) is 14.4. The highest BCUT2D eigenvalue weighted by atomic mass is 79.9. The van der Waals surface area contributed by atoms with E-state index in [4.69, 9.17) is 9.79 Å². The average molecular weight is 410 g/mol. The molecule has 18 heavy (non-hydrogen) atoms. The topological polar surface area (TPSA) is 101 Å². The summed E-state index contributed by atoms with van der Waals surface area (Å²) in [4.78, 5) is 29.6. The van der Waals surface area contributed by atoms with E-state index >= 15 is 0 Å². The molecule has 0 amide bonds. The highest BCUT2D eigenvalue weighted by molar-refractivity contribution is 9.25. The number of nitrogens with zero attached hydrogens (tertiary/aromatic N) is 1. The second-order valence-corrected chi connectivity index (χ2v) is 9.30. The normalized spacial score (nSPS) is 13.0. The maximum Gasteiger partial charge on any atom is 0.339 e. The van der Waals surface area contributed by atoms with Crippen molar-refractivity contribution >= 4 is 45.4 Å². The number of aliphatic carboxylic acids is 1. The fraction of sp³-hybridized carbons (Fsp3) is 0.889. The Morgan fingerprint density at radius 1 is 1.39 bits per heavy atom. The molecule has 9 heteroatoms. The van der Waals surface area contributed by atoms with Gasteiger partial charge in [-0.25, -0.2) is 0 Å². The number of unbranched alkanes of at least 4 members (excludes halogenated alkanes) is 2. The standard InChI is InChI=1S/C9H18Br2NO5P/c1-2-3-4-5-9(10,11)12(6-8(13)14)7-18(15,16)17/h2-7H2,1H3,(H,13,14)(H2,15,16,17)/p-1. The van der Waals surface area contributed by atoms with Gasteiger partial charge in [-0.2, -0.15) is 0 Å². The van der Waals surface area contributed by atoms with Gasteiger partial charge in [-0.3, -0.25) is 9.46 Å². The van der Waals surface area contributed by atoms with Crippen LogP contribution in [0.2, 0.25) is 0 Å². The van der Waals surface area contributed by atoms with Gasteiger partial charge in [0, 0.05) is 6.54 Å². The van der Waals surface area contributed by atoms with Gasteiger partial charge in [0.25, 0.3) is 0 Å². The minimum absolute atomic E-state index is 0.522. The van der Waals surface area contributed by atoms with Crippen molar-refractivity contribution in [2.24, 2.45) is 0 Å². The second-order valence-electron chi connectivity index (χ2n) is 4.00. The first-order valence-electron chi connectivity index (χ1n) is 5.46. The van der Waals surface area contributed by atoms with Gasteiger partial charge in [-0.05, 0) is 12.8 Å². The summed E-state index contributed by atoms with van der Waals surface area (Å²) in [7, 11) is -4.34. The minimum Gasteiger partial charge on any atom is -0.549 e. The number of halogens is 2. The summed E-state index contributed by atoms with van der Waals surface area (Å²) >= 11 is 6.54. The first-order valence-corrected chi connectivity index (χ1v) is 8.84. The van der Waals surface area contributed by atoms with Crippen molar-refractivity contribution in [1.29, 1.82) is 0 Å². The van der Waals surface area contributed by atoms with Crippen LogP contribution in [0.25, 0.3) is 0 Å². The molecule has 6 nitrogen and oxygen atoms in total. The molecule has 108 valence electrons. The van der Waals surface area contributed by atoms with Crippen LogP contribution in [-0.4, -0.2) is 36.8 Å². The van der Waals surface area contributed by atoms with Gasteiger partial charge in [0.15, 0.2) is 0 Å². The van der Waals surface area contributed by atoms with Gasteiger partial charge in [0.05, 0.1) is 5.97 Å². The van der Waals surface area contributed by atoms with Crippen LogP contribution in [0, 0.1) is 0 Å². The highest BCUT2D eigenvalue weighted by Crippen LogP contribution is 2.43. The SMILES string of the molecule is CCCCCC(Br)(Br)N(CC(=O)[O-])CP(=O)(O)O. The number of carbonyl (C=O) groups is 1. The van der Waals surface area contributed by atoms with Crippen molar-refractivity contribution < 1.29 is 24.3 Å². The zero-order valence-electron chi connectivity index (χ0n) is 10.0. The number of carboxylic acids is 1. The van der Waals surface area contributed by atoms with Crippen LogP contribution in [0.1, 0.15) is 32.6 Å². The summed E-state index contributed by atoms with van der Waals surface area (Å²) in [6.07, 6.45) is 2.62. The summed E-state index contributed by atoms with van der Waals surface area (Å²) in [5.41, 5.74) is 0. The van der Waals surface area contributed by atoms with Crippen LogP contribution in [0.3, 0.4) is 0 Å². The van der Waals surface area contributed by atoms with Crippen molar-refractivity contribution in [1.82, 2.24) is 4.90 Å². The number of hydrogen-bond acceptors (Lipinski definition) is 4. The van der Waals surface area contributed by atoms with Crippen molar-refractivity contribution in [2.45, 2.75) is 36.0 Å². The van der Waals surface area contributed by atoms with Crippen molar-refractivity contribution in [3.8, 4) is 0 Å². The van der Waals surface area contributed by atoms with E-state index < -0.39 is 29.8 Å². The molecule has 0 aliphatic carbocycles. The molecule has 0 aliphatic rings. The zero-order valence-corrected chi connectivity index (χ0v) is 14.1. The molecule has 0 aliphatic heterocycles. The van der Waals surface area contributed by atoms with Gasteiger partial charge < -0.3 is 19.7 Å². The Hall–Kier alpha value is 0.540. The largest absolute Gasteiger partial charge is 0.549 e. The van der Waals surface area contributed by atoms with Gasteiger partial charge in [-0.1, -0.05) is 51.6 Å². The Balaban J connectivity index is 4.70. The molecule has 0 saturated heterocycles. The third-order valence-electron chi connectivity index (χ3n) is 2.22. The van der Waals surface area contributed by atoms with E-state index in [9.17, 15) is 14.5 Å². The monoisotopic (exact) mass is 408 g/mol. The number of hydrogen-bond donors (Lipinski definition) is 2. The van der Waals surface area contributed by atoms with E-state index in [1.54, 1.807) is 0 Å². The van der Waals surface area contributed by atoms with E-state index in [1.807, 2.05) is 6.92 Å². The summed E-state index contributed by atoms with van der Waals surface area (Å²) in [6.45, 7) is 1.46. The Morgan fingerprint density at radius 2 is 1.94 bits per heavy atom. The highest BCUT2D eigenvalue weighted by Gasteiger charge is 2.34. The predicted molar refractivity (Wildman–Crippen MR) is 73.4 cm³/mol. The second kappa shape index (κ2) is 7.97. The number of alkyl halides is 2. The van der Waals surface area contributed by atoms with Crippen LogP contribution < -0.4 is 5.11 Å². The fourth-order valence-corrected chi connectivity index (χ4v) is 3.63.